The van der Waals surface area contributed by atoms with E-state index in [4.69, 9.17) is 15.6 Å². The second-order valence-corrected chi connectivity index (χ2v) is 5.62. The Morgan fingerprint density at radius 2 is 2.10 bits per heavy atom. The summed E-state index contributed by atoms with van der Waals surface area (Å²) in [4.78, 5) is 11.7. The van der Waals surface area contributed by atoms with Gasteiger partial charge in [-0.3, -0.25) is 5.32 Å². The first-order chi connectivity index (χ1) is 9.21. The Labute approximate surface area is 118 Å². The van der Waals surface area contributed by atoms with Gasteiger partial charge >= 0.3 is 6.09 Å². The molecule has 112 valence electrons. The predicted octanol–water partition coefficient (Wildman–Crippen LogP) is 1.60. The number of aromatic hydroxyl groups is 1. The average molecular weight is 282 g/mol. The molecule has 6 heteroatoms. The molecule has 5 N–H and O–H groups in total. The van der Waals surface area contributed by atoms with Crippen LogP contribution in [0.15, 0.2) is 18.2 Å². The minimum atomic E-state index is -0.595. The summed E-state index contributed by atoms with van der Waals surface area (Å²) in [5, 5.41) is 21.1. The van der Waals surface area contributed by atoms with Crippen molar-refractivity contribution in [2.24, 2.45) is 5.73 Å². The maximum Gasteiger partial charge on any atom is 0.412 e. The highest BCUT2D eigenvalue weighted by Gasteiger charge is 2.18. The smallest absolute Gasteiger partial charge is 0.412 e. The molecule has 0 spiro atoms. The minimum absolute atomic E-state index is 0.0693. The van der Waals surface area contributed by atoms with Crippen LogP contribution >= 0.6 is 0 Å². The van der Waals surface area contributed by atoms with E-state index in [1.807, 2.05) is 0 Å². The van der Waals surface area contributed by atoms with Crippen LogP contribution in [0.25, 0.3) is 0 Å². The summed E-state index contributed by atoms with van der Waals surface area (Å²) in [7, 11) is 0. The lowest BCUT2D eigenvalue weighted by Crippen LogP contribution is -2.29. The van der Waals surface area contributed by atoms with Gasteiger partial charge in [0.15, 0.2) is 0 Å². The first-order valence-electron chi connectivity index (χ1n) is 6.39. The molecule has 0 fully saturated rings. The van der Waals surface area contributed by atoms with Crippen LogP contribution in [0.5, 0.6) is 5.75 Å². The highest BCUT2D eigenvalue weighted by Crippen LogP contribution is 2.23. The quantitative estimate of drug-likeness (QED) is 0.628. The van der Waals surface area contributed by atoms with Crippen LogP contribution in [0, 0.1) is 0 Å². The van der Waals surface area contributed by atoms with Gasteiger partial charge in [0.2, 0.25) is 0 Å². The van der Waals surface area contributed by atoms with E-state index >= 15 is 0 Å². The highest BCUT2D eigenvalue weighted by atomic mass is 16.6. The number of aliphatic hydroxyl groups excluding tert-OH is 1. The number of phenols is 1. The molecule has 0 aliphatic carbocycles. The van der Waals surface area contributed by atoms with Crippen LogP contribution in [-0.2, 0) is 11.2 Å². The van der Waals surface area contributed by atoms with Gasteiger partial charge in [-0.2, -0.15) is 0 Å². The van der Waals surface area contributed by atoms with Crippen molar-refractivity contribution in [3.63, 3.8) is 0 Å². The zero-order valence-electron chi connectivity index (χ0n) is 12.0. The number of benzene rings is 1. The molecule has 6 nitrogen and oxygen atoms in total. The number of amides is 1. The third kappa shape index (κ3) is 5.46. The van der Waals surface area contributed by atoms with Gasteiger partial charge in [0.25, 0.3) is 0 Å². The fourth-order valence-corrected chi connectivity index (χ4v) is 1.63. The Morgan fingerprint density at radius 3 is 2.65 bits per heavy atom. The maximum atomic E-state index is 11.7. The molecule has 0 aliphatic rings. The van der Waals surface area contributed by atoms with Crippen LogP contribution in [0.1, 0.15) is 26.3 Å². The highest BCUT2D eigenvalue weighted by molar-refractivity contribution is 5.86. The Hall–Kier alpha value is -1.79. The Morgan fingerprint density at radius 1 is 1.45 bits per heavy atom. The summed E-state index contributed by atoms with van der Waals surface area (Å²) in [6.07, 6.45) is -0.252. The molecule has 20 heavy (non-hydrogen) atoms. The monoisotopic (exact) mass is 282 g/mol. The van der Waals surface area contributed by atoms with E-state index in [9.17, 15) is 9.90 Å². The molecule has 1 aromatic rings. The second kappa shape index (κ2) is 6.58. The molecule has 0 bridgehead atoms. The molecular weight excluding hydrogens is 260 g/mol. The number of nitrogens with two attached hydrogens (primary N) is 1. The van der Waals surface area contributed by atoms with E-state index in [1.165, 1.54) is 12.1 Å². The second-order valence-electron chi connectivity index (χ2n) is 5.62. The lowest BCUT2D eigenvalue weighted by atomic mass is 10.0. The molecule has 0 aliphatic heterocycles. The number of carbonyl (C=O) groups excluding carboxylic acids is 1. The molecule has 0 heterocycles. The fraction of sp³-hybridized carbons (Fsp3) is 0.500. The van der Waals surface area contributed by atoms with Gasteiger partial charge in [-0.15, -0.1) is 0 Å². The van der Waals surface area contributed by atoms with Gasteiger partial charge < -0.3 is 20.7 Å². The molecule has 0 radical (unpaired) electrons. The fourth-order valence-electron chi connectivity index (χ4n) is 1.63. The van der Waals surface area contributed by atoms with Crippen LogP contribution in [0.4, 0.5) is 10.5 Å². The van der Waals surface area contributed by atoms with Gasteiger partial charge in [-0.05, 0) is 51.0 Å². The summed E-state index contributed by atoms with van der Waals surface area (Å²) in [6.45, 7) is 5.13. The van der Waals surface area contributed by atoms with Gasteiger partial charge in [0, 0.05) is 11.7 Å². The van der Waals surface area contributed by atoms with Crippen molar-refractivity contribution in [3.05, 3.63) is 23.8 Å². The van der Waals surface area contributed by atoms with E-state index in [0.29, 0.717) is 17.7 Å². The van der Waals surface area contributed by atoms with Gasteiger partial charge in [0.1, 0.15) is 11.4 Å². The van der Waals surface area contributed by atoms with Crippen molar-refractivity contribution in [3.8, 4) is 5.75 Å². The number of hydrogen-bond donors (Lipinski definition) is 4. The van der Waals surface area contributed by atoms with Crippen molar-refractivity contribution in [1.29, 1.82) is 0 Å². The van der Waals surface area contributed by atoms with Crippen LogP contribution < -0.4 is 11.1 Å². The molecule has 0 saturated carbocycles. The predicted molar refractivity (Wildman–Crippen MR) is 76.7 cm³/mol. The number of hydrogen-bond acceptors (Lipinski definition) is 5. The Balaban J connectivity index is 2.86. The zero-order valence-corrected chi connectivity index (χ0v) is 12.0. The third-order valence-corrected chi connectivity index (χ3v) is 2.44. The van der Waals surface area contributed by atoms with E-state index in [0.717, 1.165) is 0 Å². The van der Waals surface area contributed by atoms with Crippen molar-refractivity contribution in [2.45, 2.75) is 38.8 Å². The number of ether oxygens (including phenoxy) is 1. The summed E-state index contributed by atoms with van der Waals surface area (Å²) in [5.41, 5.74) is 6.22. The Bertz CT molecular complexity index is 469. The van der Waals surface area contributed by atoms with Crippen LogP contribution in [0.2, 0.25) is 0 Å². The largest absolute Gasteiger partial charge is 0.508 e. The van der Waals surface area contributed by atoms with Gasteiger partial charge in [0.05, 0.1) is 6.61 Å². The maximum absolute atomic E-state index is 11.7. The van der Waals surface area contributed by atoms with Crippen molar-refractivity contribution < 1.29 is 19.7 Å². The first-order valence-corrected chi connectivity index (χ1v) is 6.39. The number of phenolic OH excluding ortho intramolecular Hbond substituents is 1. The standard InChI is InChI=1S/C14H22N2O4/c1-14(2,3)20-13(19)16-12-5-4-11(18)7-9(12)6-10(15)8-17/h4-5,7,10,17-18H,6,8,15H2,1-3H3,(H,16,19). The van der Waals surface area contributed by atoms with Gasteiger partial charge in [-0.1, -0.05) is 0 Å². The molecule has 1 rings (SSSR count). The third-order valence-electron chi connectivity index (χ3n) is 2.44. The first kappa shape index (κ1) is 16.3. The van der Waals surface area contributed by atoms with E-state index < -0.39 is 17.7 Å². The summed E-state index contributed by atoms with van der Waals surface area (Å²) in [6, 6.07) is 4.07. The number of rotatable bonds is 4. The summed E-state index contributed by atoms with van der Waals surface area (Å²) < 4.78 is 5.17. The lowest BCUT2D eigenvalue weighted by molar-refractivity contribution is 0.0635. The summed E-state index contributed by atoms with van der Waals surface area (Å²) >= 11 is 0. The number of carbonyl (C=O) groups is 1. The molecule has 0 aromatic heterocycles. The zero-order chi connectivity index (χ0) is 15.3. The van der Waals surface area contributed by atoms with Crippen molar-refractivity contribution in [1.82, 2.24) is 0 Å². The Kier molecular flexibility index (Phi) is 5.35. The number of nitrogens with one attached hydrogen (secondary N) is 1. The number of anilines is 1. The lowest BCUT2D eigenvalue weighted by Gasteiger charge is -2.21. The molecular formula is C14H22N2O4. The topological polar surface area (TPSA) is 105 Å². The average Bonchev–Trinajstić information content (AvgIpc) is 2.30. The number of aliphatic hydroxyl groups is 1. The van der Waals surface area contributed by atoms with E-state index in [2.05, 4.69) is 5.32 Å². The van der Waals surface area contributed by atoms with E-state index in [1.54, 1.807) is 26.8 Å². The summed E-state index contributed by atoms with van der Waals surface area (Å²) in [5.74, 6) is 0.0693. The van der Waals surface area contributed by atoms with Crippen molar-refractivity contribution >= 4 is 11.8 Å². The molecule has 1 amide bonds. The van der Waals surface area contributed by atoms with E-state index in [-0.39, 0.29) is 12.4 Å². The van der Waals surface area contributed by atoms with Crippen LogP contribution in [0.3, 0.4) is 0 Å². The molecule has 1 aromatic carbocycles. The normalized spacial score (nSPS) is 12.8. The van der Waals surface area contributed by atoms with Gasteiger partial charge in [-0.25, -0.2) is 4.79 Å². The van der Waals surface area contributed by atoms with Crippen LogP contribution in [-0.4, -0.2) is 34.6 Å². The minimum Gasteiger partial charge on any atom is -0.508 e. The molecule has 1 unspecified atom stereocenters. The molecule has 1 atom stereocenters. The SMILES string of the molecule is CC(C)(C)OC(=O)Nc1ccc(O)cc1CC(N)CO. The van der Waals surface area contributed by atoms with Crippen molar-refractivity contribution in [2.75, 3.05) is 11.9 Å². The molecule has 0 saturated heterocycles.